The van der Waals surface area contributed by atoms with Crippen LogP contribution in [0.2, 0.25) is 0 Å². The first-order chi connectivity index (χ1) is 9.68. The molecule has 0 amide bonds. The van der Waals surface area contributed by atoms with Crippen LogP contribution in [-0.4, -0.2) is 37.2 Å². The Hall–Kier alpha value is -1.18. The molecule has 7 heteroatoms. The van der Waals surface area contributed by atoms with Crippen molar-refractivity contribution in [2.45, 2.75) is 72.1 Å². The van der Waals surface area contributed by atoms with Gasteiger partial charge in [0, 0.05) is 19.8 Å². The lowest BCUT2D eigenvalue weighted by Gasteiger charge is -2.30. The first-order valence-corrected chi connectivity index (χ1v) is 6.99. The summed E-state index contributed by atoms with van der Waals surface area (Å²) in [7, 11) is 1.29. The molecule has 124 valence electrons. The monoisotopic (exact) mass is 306 g/mol. The van der Waals surface area contributed by atoms with Gasteiger partial charge in [-0.25, -0.2) is 4.79 Å². The molecule has 0 aliphatic rings. The zero-order valence-electron chi connectivity index (χ0n) is 13.6. The number of methoxy groups -OCH3 is 1. The van der Waals surface area contributed by atoms with E-state index in [-0.39, 0.29) is 31.0 Å². The number of carbonyl (C=O) groups is 2. The second-order valence-electron chi connectivity index (χ2n) is 5.16. The quantitative estimate of drug-likeness (QED) is 0.265. The average molecular weight is 306 g/mol. The fraction of sp³-hybridized carbons (Fsp3) is 0.857. The van der Waals surface area contributed by atoms with Gasteiger partial charge in [0.15, 0.2) is 0 Å². The zero-order valence-corrected chi connectivity index (χ0v) is 13.6. The van der Waals surface area contributed by atoms with Gasteiger partial charge >= 0.3 is 17.9 Å². The maximum Gasteiger partial charge on any atom is 0.342 e. The number of rotatable bonds is 10. The lowest BCUT2D eigenvalue weighted by Crippen LogP contribution is -2.40. The standard InChI is InChI=1S/C14H26O7/c1-10(2)18-14(5,19-11(3)4)21-20-13(16)9-7-8-12(15)17-6/h10-11H,7-9H2,1-6H3. The van der Waals surface area contributed by atoms with Crippen molar-refractivity contribution in [2.75, 3.05) is 7.11 Å². The van der Waals surface area contributed by atoms with E-state index < -0.39 is 11.9 Å². The molecule has 0 heterocycles. The number of hydrogen-bond donors (Lipinski definition) is 0. The minimum absolute atomic E-state index is 0.0362. The first-order valence-electron chi connectivity index (χ1n) is 6.99. The maximum absolute atomic E-state index is 11.5. The second-order valence-corrected chi connectivity index (χ2v) is 5.16. The van der Waals surface area contributed by atoms with Gasteiger partial charge < -0.3 is 14.2 Å². The Labute approximate surface area is 125 Å². The minimum atomic E-state index is -1.47. The summed E-state index contributed by atoms with van der Waals surface area (Å²) in [5, 5.41) is 0. The number of carbonyl (C=O) groups excluding carboxylic acids is 2. The molecule has 0 saturated heterocycles. The van der Waals surface area contributed by atoms with Crippen LogP contribution < -0.4 is 0 Å². The normalized spacial score (nSPS) is 11.8. The molecule has 0 N–H and O–H groups in total. The maximum atomic E-state index is 11.5. The molecule has 0 radical (unpaired) electrons. The molecular weight excluding hydrogens is 280 g/mol. The van der Waals surface area contributed by atoms with Crippen molar-refractivity contribution in [3.63, 3.8) is 0 Å². The molecule has 0 aromatic heterocycles. The van der Waals surface area contributed by atoms with Crippen LogP contribution in [-0.2, 0) is 33.6 Å². The topological polar surface area (TPSA) is 80.3 Å². The smallest absolute Gasteiger partial charge is 0.342 e. The van der Waals surface area contributed by atoms with Gasteiger partial charge in [-0.2, -0.15) is 0 Å². The van der Waals surface area contributed by atoms with Crippen molar-refractivity contribution in [1.29, 1.82) is 0 Å². The van der Waals surface area contributed by atoms with E-state index in [0.29, 0.717) is 6.42 Å². The van der Waals surface area contributed by atoms with Gasteiger partial charge in [-0.1, -0.05) is 0 Å². The molecule has 0 unspecified atom stereocenters. The van der Waals surface area contributed by atoms with Crippen LogP contribution in [0.25, 0.3) is 0 Å². The van der Waals surface area contributed by atoms with E-state index in [2.05, 4.69) is 9.62 Å². The summed E-state index contributed by atoms with van der Waals surface area (Å²) < 4.78 is 15.4. The van der Waals surface area contributed by atoms with Gasteiger partial charge in [0.1, 0.15) is 0 Å². The van der Waals surface area contributed by atoms with Crippen molar-refractivity contribution in [1.82, 2.24) is 0 Å². The van der Waals surface area contributed by atoms with E-state index in [9.17, 15) is 9.59 Å². The van der Waals surface area contributed by atoms with Gasteiger partial charge in [-0.15, -0.1) is 4.89 Å². The number of hydrogen-bond acceptors (Lipinski definition) is 7. The average Bonchev–Trinajstić information content (AvgIpc) is 2.34. The van der Waals surface area contributed by atoms with E-state index in [1.165, 1.54) is 14.0 Å². The van der Waals surface area contributed by atoms with Crippen LogP contribution in [0.1, 0.15) is 53.9 Å². The highest BCUT2D eigenvalue weighted by molar-refractivity contribution is 5.72. The Bertz CT molecular complexity index is 315. The molecule has 7 nitrogen and oxygen atoms in total. The molecule has 0 saturated carbocycles. The molecular formula is C14H26O7. The summed E-state index contributed by atoms with van der Waals surface area (Å²) in [6.07, 6.45) is 0.155. The van der Waals surface area contributed by atoms with Gasteiger partial charge in [0.2, 0.25) is 0 Å². The largest absolute Gasteiger partial charge is 0.469 e. The second kappa shape index (κ2) is 9.70. The molecule has 0 fully saturated rings. The number of esters is 1. The van der Waals surface area contributed by atoms with E-state index in [4.69, 9.17) is 14.4 Å². The lowest BCUT2D eigenvalue weighted by molar-refractivity contribution is -0.492. The van der Waals surface area contributed by atoms with Crippen LogP contribution >= 0.6 is 0 Å². The third kappa shape index (κ3) is 10.2. The Balaban J connectivity index is 4.22. The van der Waals surface area contributed by atoms with Crippen LogP contribution in [0.15, 0.2) is 0 Å². The Kier molecular flexibility index (Phi) is 9.16. The molecule has 0 spiro atoms. The Morgan fingerprint density at radius 2 is 1.43 bits per heavy atom. The molecule has 0 aliphatic heterocycles. The predicted octanol–water partition coefficient (Wildman–Crippen LogP) is 2.33. The lowest BCUT2D eigenvalue weighted by atomic mass is 10.2. The van der Waals surface area contributed by atoms with Crippen molar-refractivity contribution in [2.24, 2.45) is 0 Å². The van der Waals surface area contributed by atoms with E-state index in [1.807, 2.05) is 27.7 Å². The van der Waals surface area contributed by atoms with Crippen molar-refractivity contribution >= 4 is 11.9 Å². The molecule has 21 heavy (non-hydrogen) atoms. The van der Waals surface area contributed by atoms with Crippen LogP contribution in [0.3, 0.4) is 0 Å². The summed E-state index contributed by atoms with van der Waals surface area (Å²) in [4.78, 5) is 32.1. The fourth-order valence-electron chi connectivity index (χ4n) is 1.57. The minimum Gasteiger partial charge on any atom is -0.469 e. The summed E-state index contributed by atoms with van der Waals surface area (Å²) in [5.41, 5.74) is 0. The molecule has 0 aromatic rings. The third-order valence-electron chi connectivity index (χ3n) is 2.18. The van der Waals surface area contributed by atoms with Crippen LogP contribution in [0.4, 0.5) is 0 Å². The summed E-state index contributed by atoms with van der Waals surface area (Å²) in [6.45, 7) is 8.76. The summed E-state index contributed by atoms with van der Waals surface area (Å²) >= 11 is 0. The van der Waals surface area contributed by atoms with Crippen LogP contribution in [0.5, 0.6) is 0 Å². The summed E-state index contributed by atoms with van der Waals surface area (Å²) in [5.74, 6) is -2.45. The van der Waals surface area contributed by atoms with Crippen LogP contribution in [0, 0.1) is 0 Å². The van der Waals surface area contributed by atoms with Crippen molar-refractivity contribution in [3.8, 4) is 0 Å². The van der Waals surface area contributed by atoms with Gasteiger partial charge in [-0.05, 0) is 34.1 Å². The SMILES string of the molecule is COC(=O)CCCC(=O)OOC(C)(OC(C)C)OC(C)C. The highest BCUT2D eigenvalue weighted by Gasteiger charge is 2.33. The predicted molar refractivity (Wildman–Crippen MR) is 73.9 cm³/mol. The van der Waals surface area contributed by atoms with Crippen molar-refractivity contribution in [3.05, 3.63) is 0 Å². The summed E-state index contributed by atoms with van der Waals surface area (Å²) in [6, 6.07) is 0. The third-order valence-corrected chi connectivity index (χ3v) is 2.18. The zero-order chi connectivity index (χ0) is 16.5. The van der Waals surface area contributed by atoms with Crippen molar-refractivity contribution < 1.29 is 33.6 Å². The van der Waals surface area contributed by atoms with Gasteiger partial charge in [0.25, 0.3) is 0 Å². The molecule has 0 aromatic carbocycles. The molecule has 0 atom stereocenters. The fourth-order valence-corrected chi connectivity index (χ4v) is 1.57. The first kappa shape index (κ1) is 19.8. The number of ether oxygens (including phenoxy) is 3. The van der Waals surface area contributed by atoms with Gasteiger partial charge in [-0.3, -0.25) is 9.68 Å². The Morgan fingerprint density at radius 1 is 0.952 bits per heavy atom. The molecule has 0 rings (SSSR count). The highest BCUT2D eigenvalue weighted by Crippen LogP contribution is 2.20. The highest BCUT2D eigenvalue weighted by atomic mass is 17.3. The van der Waals surface area contributed by atoms with E-state index in [0.717, 1.165) is 0 Å². The van der Waals surface area contributed by atoms with Gasteiger partial charge in [0.05, 0.1) is 19.3 Å². The molecule has 0 aliphatic carbocycles. The molecule has 0 bridgehead atoms. The Morgan fingerprint density at radius 3 is 1.86 bits per heavy atom. The van der Waals surface area contributed by atoms with E-state index in [1.54, 1.807) is 0 Å². The van der Waals surface area contributed by atoms with E-state index >= 15 is 0 Å².